The van der Waals surface area contributed by atoms with Gasteiger partial charge in [0.05, 0.1) is 25.0 Å². The van der Waals surface area contributed by atoms with Crippen LogP contribution in [-0.4, -0.2) is 57.5 Å². The molecule has 0 spiro atoms. The van der Waals surface area contributed by atoms with E-state index >= 15 is 0 Å². The van der Waals surface area contributed by atoms with E-state index < -0.39 is 90.0 Å². The third kappa shape index (κ3) is 8.37. The molecule has 2 aromatic rings. The number of nitrogens with one attached hydrogen (secondary N) is 1. The summed E-state index contributed by atoms with van der Waals surface area (Å²) in [6.07, 6.45) is -10.1. The summed E-state index contributed by atoms with van der Waals surface area (Å²) in [5.74, 6) is -2.85. The monoisotopic (exact) mass is 634 g/mol. The van der Waals surface area contributed by atoms with E-state index in [1.54, 1.807) is 0 Å². The smallest absolute Gasteiger partial charge is 0.426 e. The topological polar surface area (TPSA) is 129 Å². The van der Waals surface area contributed by atoms with Gasteiger partial charge in [-0.05, 0) is 51.7 Å². The third-order valence-corrected chi connectivity index (χ3v) is 6.19. The average molecular weight is 635 g/mol. The quantitative estimate of drug-likeness (QED) is 0.258. The van der Waals surface area contributed by atoms with Gasteiger partial charge in [-0.15, -0.1) is 10.2 Å². The molecular formula is C28H32F6N4O6. The van der Waals surface area contributed by atoms with E-state index in [-0.39, 0.29) is 24.8 Å². The van der Waals surface area contributed by atoms with Gasteiger partial charge >= 0.3 is 18.4 Å². The van der Waals surface area contributed by atoms with Crippen molar-refractivity contribution in [3.8, 4) is 17.5 Å². The first-order valence-electron chi connectivity index (χ1n) is 13.3. The predicted octanol–water partition coefficient (Wildman–Crippen LogP) is 6.88. The molecule has 0 aliphatic carbocycles. The van der Waals surface area contributed by atoms with Crippen LogP contribution < -0.4 is 10.1 Å². The number of hydrogen-bond donors (Lipinski definition) is 2. The summed E-state index contributed by atoms with van der Waals surface area (Å²) in [4.78, 5) is 16.4. The van der Waals surface area contributed by atoms with E-state index in [9.17, 15) is 36.2 Å². The number of aliphatic hydroxyl groups is 1. The summed E-state index contributed by atoms with van der Waals surface area (Å²) in [7, 11) is 0. The number of ether oxygens (including phenoxy) is 3. The molecule has 0 radical (unpaired) electrons. The lowest BCUT2D eigenvalue weighted by Gasteiger charge is -2.33. The van der Waals surface area contributed by atoms with Crippen molar-refractivity contribution in [1.29, 1.82) is 0 Å². The van der Waals surface area contributed by atoms with Gasteiger partial charge in [-0.3, -0.25) is 5.32 Å². The van der Waals surface area contributed by atoms with Gasteiger partial charge in [0, 0.05) is 6.42 Å². The highest BCUT2D eigenvalue weighted by Crippen LogP contribution is 2.47. The van der Waals surface area contributed by atoms with Gasteiger partial charge in [0.2, 0.25) is 11.5 Å². The number of nitrogens with zero attached hydrogens (tertiary/aromatic N) is 3. The molecular weight excluding hydrogens is 602 g/mol. The number of allylic oxidation sites excluding steroid dienone is 2. The minimum absolute atomic E-state index is 0.189. The number of rotatable bonds is 6. The molecule has 16 heteroatoms. The van der Waals surface area contributed by atoms with Crippen LogP contribution in [0.25, 0.3) is 11.6 Å². The maximum atomic E-state index is 14.9. The Bertz CT molecular complexity index is 1380. The molecule has 3 rings (SSSR count). The van der Waals surface area contributed by atoms with Crippen LogP contribution in [-0.2, 0) is 21.3 Å². The average Bonchev–Trinajstić information content (AvgIpc) is 3.37. The van der Waals surface area contributed by atoms with E-state index in [2.05, 4.69) is 33.7 Å². The first-order chi connectivity index (χ1) is 20.4. The lowest BCUT2D eigenvalue weighted by molar-refractivity contribution is -0.293. The molecule has 0 saturated carbocycles. The fraction of sp³-hybridized carbons (Fsp3) is 0.500. The van der Waals surface area contributed by atoms with E-state index in [1.165, 1.54) is 39.0 Å². The molecule has 0 aromatic carbocycles. The maximum absolute atomic E-state index is 14.9. The molecule has 2 aromatic heterocycles. The number of amides is 1. The van der Waals surface area contributed by atoms with Crippen molar-refractivity contribution in [3.63, 3.8) is 0 Å². The number of halogens is 6. The Hall–Kier alpha value is -3.92. The van der Waals surface area contributed by atoms with Crippen LogP contribution in [0.1, 0.15) is 57.9 Å². The summed E-state index contributed by atoms with van der Waals surface area (Å²) >= 11 is 0. The minimum Gasteiger partial charge on any atom is -0.477 e. The van der Waals surface area contributed by atoms with Gasteiger partial charge in [-0.1, -0.05) is 31.4 Å². The molecule has 1 aliphatic heterocycles. The summed E-state index contributed by atoms with van der Waals surface area (Å²) in [6, 6.07) is 0.456. The molecule has 44 heavy (non-hydrogen) atoms. The third-order valence-electron chi connectivity index (χ3n) is 6.19. The summed E-state index contributed by atoms with van der Waals surface area (Å²) < 4.78 is 108. The molecule has 3 heterocycles. The van der Waals surface area contributed by atoms with Crippen LogP contribution in [0.15, 0.2) is 47.4 Å². The Labute approximate surface area is 248 Å². The molecule has 2 atom stereocenters. The molecule has 2 N–H and O–H groups in total. The Morgan fingerprint density at radius 1 is 1.18 bits per heavy atom. The van der Waals surface area contributed by atoms with Crippen molar-refractivity contribution < 1.29 is 54.9 Å². The zero-order valence-electron chi connectivity index (χ0n) is 24.1. The highest BCUT2D eigenvalue weighted by Gasteiger charge is 2.61. The number of aliphatic hydroxyl groups excluding tert-OH is 1. The zero-order valence-corrected chi connectivity index (χ0v) is 24.1. The Morgan fingerprint density at radius 3 is 2.48 bits per heavy atom. The lowest BCUT2D eigenvalue weighted by Crippen LogP contribution is -2.46. The number of fused-ring (bicyclic) bond motifs is 5. The Kier molecular flexibility index (Phi) is 10.5. The van der Waals surface area contributed by atoms with E-state index in [0.29, 0.717) is 6.07 Å². The summed E-state index contributed by atoms with van der Waals surface area (Å²) in [5.41, 5.74) is -6.76. The largest absolute Gasteiger partial charge is 0.477 e. The van der Waals surface area contributed by atoms with Gasteiger partial charge in [-0.25, -0.2) is 9.78 Å². The Balaban J connectivity index is 2.26. The highest BCUT2D eigenvalue weighted by molar-refractivity contribution is 5.89. The second kappa shape index (κ2) is 13.4. The molecule has 242 valence electrons. The van der Waals surface area contributed by atoms with Crippen molar-refractivity contribution in [1.82, 2.24) is 15.2 Å². The van der Waals surface area contributed by atoms with Crippen LogP contribution in [0.5, 0.6) is 5.88 Å². The zero-order chi connectivity index (χ0) is 32.9. The van der Waals surface area contributed by atoms with Gasteiger partial charge < -0.3 is 23.7 Å². The number of carbonyl (C=O) groups excluding carboxylic acids is 1. The number of hydrogen-bond acceptors (Lipinski definition) is 9. The second-order valence-corrected chi connectivity index (χ2v) is 10.8. The normalized spacial score (nSPS) is 20.2. The number of aromatic nitrogens is 3. The number of carbonyl (C=O) groups is 1. The molecule has 4 bridgehead atoms. The molecule has 1 amide bonds. The van der Waals surface area contributed by atoms with Crippen molar-refractivity contribution in [3.05, 3.63) is 54.5 Å². The highest BCUT2D eigenvalue weighted by atomic mass is 19.4. The SMILES string of the molecule is C=C/C=C(\C=C)COC1(C(F)(F)F)CCCC(O)CCOc2nc(c(NC(=O)OC(C)(C)C)cc2C(F)(F)F)-c2nnc1o2. The first-order valence-corrected chi connectivity index (χ1v) is 13.3. The number of pyridine rings is 1. The van der Waals surface area contributed by atoms with Crippen molar-refractivity contribution >= 4 is 11.8 Å². The van der Waals surface area contributed by atoms with Gasteiger partial charge in [0.15, 0.2) is 5.69 Å². The first kappa shape index (κ1) is 34.6. The van der Waals surface area contributed by atoms with Crippen molar-refractivity contribution in [2.45, 2.75) is 76.1 Å². The van der Waals surface area contributed by atoms with Crippen LogP contribution in [0.3, 0.4) is 0 Å². The standard InChI is InChI=1S/C28H32F6N4O6/c1-6-9-16(7-2)15-42-26(28(32,33)34)12-8-10-17(39)11-13-41-21-18(27(29,30)31)14-19(35-24(40)44-25(3,4)5)20(36-21)22-37-38-23(26)43-22/h6-7,9,14,17,39H,1-2,8,10-13,15H2,3-5H3,(H,35,40)/b16-9+. The molecule has 0 saturated heterocycles. The fourth-order valence-electron chi connectivity index (χ4n) is 4.10. The molecule has 0 fully saturated rings. The van der Waals surface area contributed by atoms with E-state index in [4.69, 9.17) is 18.6 Å². The maximum Gasteiger partial charge on any atom is 0.426 e. The Morgan fingerprint density at radius 2 is 1.89 bits per heavy atom. The van der Waals surface area contributed by atoms with Gasteiger partial charge in [-0.2, -0.15) is 26.3 Å². The van der Waals surface area contributed by atoms with Crippen LogP contribution in [0.4, 0.5) is 36.8 Å². The molecule has 10 nitrogen and oxygen atoms in total. The van der Waals surface area contributed by atoms with Gasteiger partial charge in [0.25, 0.3) is 11.8 Å². The number of alkyl halides is 6. The van der Waals surface area contributed by atoms with Crippen LogP contribution in [0, 0.1) is 0 Å². The fourth-order valence-corrected chi connectivity index (χ4v) is 4.10. The second-order valence-electron chi connectivity index (χ2n) is 10.8. The van der Waals surface area contributed by atoms with Crippen molar-refractivity contribution in [2.24, 2.45) is 0 Å². The van der Waals surface area contributed by atoms with Crippen molar-refractivity contribution in [2.75, 3.05) is 18.5 Å². The molecule has 1 aliphatic rings. The summed E-state index contributed by atoms with van der Waals surface area (Å²) in [6.45, 7) is 10.5. The lowest BCUT2D eigenvalue weighted by atomic mass is 9.93. The molecule has 2 unspecified atom stereocenters. The van der Waals surface area contributed by atoms with E-state index in [0.717, 1.165) is 0 Å². The van der Waals surface area contributed by atoms with Crippen LogP contribution in [0.2, 0.25) is 0 Å². The van der Waals surface area contributed by atoms with Crippen LogP contribution >= 0.6 is 0 Å². The minimum atomic E-state index is -5.15. The van der Waals surface area contributed by atoms with Gasteiger partial charge in [0.1, 0.15) is 11.2 Å². The van der Waals surface area contributed by atoms with E-state index in [1.807, 2.05) is 0 Å². The number of anilines is 1. The summed E-state index contributed by atoms with van der Waals surface area (Å²) in [5, 5.41) is 19.7. The predicted molar refractivity (Wildman–Crippen MR) is 145 cm³/mol.